The van der Waals surface area contributed by atoms with Gasteiger partial charge in [-0.3, -0.25) is 4.55 Å². The third-order valence-corrected chi connectivity index (χ3v) is 4.40. The Morgan fingerprint density at radius 3 is 2.50 bits per heavy atom. The Morgan fingerprint density at radius 1 is 1.23 bits per heavy atom. The first-order valence-electron chi connectivity index (χ1n) is 7.12. The van der Waals surface area contributed by atoms with Crippen LogP contribution in [-0.2, 0) is 10.1 Å². The zero-order valence-electron chi connectivity index (χ0n) is 13.3. The normalized spacial score (nSPS) is 11.3. The van der Waals surface area contributed by atoms with Crippen molar-refractivity contribution in [2.45, 2.75) is 4.90 Å². The number of carbonyl (C=O) groups excluding carboxylic acids is 1. The fourth-order valence-electron chi connectivity index (χ4n) is 2.39. The van der Waals surface area contributed by atoms with E-state index in [0.29, 0.717) is 11.4 Å². The van der Waals surface area contributed by atoms with Crippen molar-refractivity contribution in [1.82, 2.24) is 15.1 Å². The van der Waals surface area contributed by atoms with E-state index in [1.54, 1.807) is 6.07 Å². The fraction of sp³-hybridized carbons (Fsp3) is 0.0667. The maximum absolute atomic E-state index is 11.3. The first kappa shape index (κ1) is 17.5. The maximum atomic E-state index is 11.3. The van der Waals surface area contributed by atoms with E-state index >= 15 is 0 Å². The Balaban J connectivity index is 2.13. The summed E-state index contributed by atoms with van der Waals surface area (Å²) in [4.78, 5) is 12.3. The molecule has 0 radical (unpaired) electrons. The van der Waals surface area contributed by atoms with Gasteiger partial charge < -0.3 is 14.6 Å². The molecule has 1 aromatic heterocycles. The molecule has 0 atom stereocenters. The molecule has 0 fully saturated rings. The molecule has 10 nitrogen and oxygen atoms in total. The van der Waals surface area contributed by atoms with Crippen molar-refractivity contribution in [3.05, 3.63) is 54.4 Å². The van der Waals surface area contributed by atoms with Crippen molar-refractivity contribution in [2.75, 3.05) is 7.11 Å². The van der Waals surface area contributed by atoms with Gasteiger partial charge in [0.2, 0.25) is 0 Å². The van der Waals surface area contributed by atoms with E-state index in [9.17, 15) is 18.3 Å². The molecule has 0 spiro atoms. The molecule has 3 rings (SSSR count). The number of para-hydroxylation sites is 1. The van der Waals surface area contributed by atoms with E-state index < -0.39 is 16.1 Å². The van der Waals surface area contributed by atoms with E-state index in [4.69, 9.17) is 9.29 Å². The van der Waals surface area contributed by atoms with Crippen molar-refractivity contribution < 1.29 is 32.3 Å². The molecule has 2 aromatic carbocycles. The minimum Gasteiger partial charge on any atom is -0.545 e. The van der Waals surface area contributed by atoms with Gasteiger partial charge in [-0.15, -0.1) is 4.68 Å². The van der Waals surface area contributed by atoms with Gasteiger partial charge in [0, 0.05) is 5.56 Å². The predicted octanol–water partition coefficient (Wildman–Crippen LogP) is -0.837. The predicted molar refractivity (Wildman–Crippen MR) is 83.6 cm³/mol. The average Bonchev–Trinajstić information content (AvgIpc) is 3.09. The van der Waals surface area contributed by atoms with Crippen molar-refractivity contribution >= 4 is 16.1 Å². The number of carboxylic acids is 1. The summed E-state index contributed by atoms with van der Waals surface area (Å²) < 4.78 is 37.9. The van der Waals surface area contributed by atoms with Gasteiger partial charge in [-0.2, -0.15) is 8.42 Å². The number of rotatable bonds is 5. The Bertz CT molecular complexity index is 1080. The minimum absolute atomic E-state index is 0.0515. The van der Waals surface area contributed by atoms with Crippen LogP contribution in [0.4, 0.5) is 0 Å². The van der Waals surface area contributed by atoms with Gasteiger partial charge in [-0.1, -0.05) is 6.07 Å². The minimum atomic E-state index is -4.32. The van der Waals surface area contributed by atoms with E-state index in [1.807, 2.05) is 0 Å². The molecule has 0 aliphatic rings. The summed E-state index contributed by atoms with van der Waals surface area (Å²) in [6.45, 7) is 0. The molecule has 134 valence electrons. The van der Waals surface area contributed by atoms with Crippen molar-refractivity contribution in [2.24, 2.45) is 0 Å². The highest BCUT2D eigenvalue weighted by molar-refractivity contribution is 7.85. The molecular formula is C15H12N4O6S. The molecule has 0 aliphatic carbocycles. The standard InChI is InChI=1S/C15H12N4O6S/c1-25-14-12(15(20)21)3-2-4-13(14)18-9-16-17-19(18)10-5-7-11(8-6-10)26(22,23)24/h2-9H,1H3,(H-,20,21,22,23,24). The lowest BCUT2D eigenvalue weighted by Gasteiger charge is -2.12. The van der Waals surface area contributed by atoms with Crippen LogP contribution in [-0.4, -0.2) is 41.2 Å². The molecule has 0 aliphatic heterocycles. The smallest absolute Gasteiger partial charge is 0.294 e. The number of carbonyl (C=O) groups is 1. The molecule has 0 saturated heterocycles. The summed E-state index contributed by atoms with van der Waals surface area (Å²) in [7, 11) is -3.00. The van der Waals surface area contributed by atoms with Crippen LogP contribution < -0.4 is 14.5 Å². The van der Waals surface area contributed by atoms with Crippen LogP contribution in [0.25, 0.3) is 11.4 Å². The summed E-state index contributed by atoms with van der Waals surface area (Å²) in [6.07, 6.45) is 1.33. The third-order valence-electron chi connectivity index (χ3n) is 3.53. The molecule has 0 amide bonds. The zero-order valence-corrected chi connectivity index (χ0v) is 14.1. The van der Waals surface area contributed by atoms with Crippen molar-refractivity contribution in [3.8, 4) is 17.1 Å². The van der Waals surface area contributed by atoms with Gasteiger partial charge in [-0.05, 0) is 41.2 Å². The lowest BCUT2D eigenvalue weighted by Crippen LogP contribution is -2.40. The first-order valence-corrected chi connectivity index (χ1v) is 8.56. The van der Waals surface area contributed by atoms with Crippen LogP contribution in [0.5, 0.6) is 5.75 Å². The van der Waals surface area contributed by atoms with Gasteiger partial charge in [0.25, 0.3) is 16.4 Å². The quantitative estimate of drug-likeness (QED) is 0.449. The largest absolute Gasteiger partial charge is 0.545 e. The first-order chi connectivity index (χ1) is 12.3. The molecule has 0 bridgehead atoms. The monoisotopic (exact) mass is 376 g/mol. The van der Waals surface area contributed by atoms with Crippen LogP contribution in [0.3, 0.4) is 0 Å². The SMILES string of the molecule is COc1c(C(=O)[O-])cccc1-[n+]1cnnn1-c1ccc(S(=O)(=O)O)cc1. The molecule has 1 heterocycles. The summed E-state index contributed by atoms with van der Waals surface area (Å²) in [5.74, 6) is -1.35. The lowest BCUT2D eigenvalue weighted by molar-refractivity contribution is -0.680. The van der Waals surface area contributed by atoms with Gasteiger partial charge in [0.15, 0.2) is 16.7 Å². The molecule has 11 heteroatoms. The summed E-state index contributed by atoms with van der Waals surface area (Å²) in [5.41, 5.74) is 0.598. The number of aromatic carboxylic acids is 1. The molecule has 0 saturated carbocycles. The van der Waals surface area contributed by atoms with Gasteiger partial charge in [-0.25, -0.2) is 0 Å². The van der Waals surface area contributed by atoms with Crippen LogP contribution in [0.1, 0.15) is 10.4 Å². The lowest BCUT2D eigenvalue weighted by atomic mass is 10.1. The Morgan fingerprint density at radius 2 is 1.92 bits per heavy atom. The number of hydrogen-bond acceptors (Lipinski definition) is 7. The Labute approximate surface area is 147 Å². The van der Waals surface area contributed by atoms with Gasteiger partial charge in [0.05, 0.1) is 18.0 Å². The number of hydrogen-bond donors (Lipinski definition) is 1. The number of nitrogens with zero attached hydrogens (tertiary/aromatic N) is 4. The van der Waals surface area contributed by atoms with Crippen LogP contribution in [0.2, 0.25) is 0 Å². The number of tetrazole rings is 1. The van der Waals surface area contributed by atoms with E-state index in [2.05, 4.69) is 10.3 Å². The summed E-state index contributed by atoms with van der Waals surface area (Å²) >= 11 is 0. The number of aromatic nitrogens is 4. The van der Waals surface area contributed by atoms with Gasteiger partial charge in [0.1, 0.15) is 10.8 Å². The van der Waals surface area contributed by atoms with Gasteiger partial charge >= 0.3 is 0 Å². The number of ether oxygens (including phenoxy) is 1. The van der Waals surface area contributed by atoms with E-state index in [1.165, 1.54) is 59.3 Å². The van der Waals surface area contributed by atoms with Crippen LogP contribution >= 0.6 is 0 Å². The van der Waals surface area contributed by atoms with E-state index in [-0.39, 0.29) is 16.2 Å². The van der Waals surface area contributed by atoms with Crippen LogP contribution in [0.15, 0.2) is 53.7 Å². The molecule has 26 heavy (non-hydrogen) atoms. The zero-order chi connectivity index (χ0) is 18.9. The highest BCUT2D eigenvalue weighted by Gasteiger charge is 2.21. The number of methoxy groups -OCH3 is 1. The highest BCUT2D eigenvalue weighted by Crippen LogP contribution is 2.23. The molecular weight excluding hydrogens is 364 g/mol. The summed E-state index contributed by atoms with van der Waals surface area (Å²) in [6, 6.07) is 9.66. The Hall–Kier alpha value is -3.31. The second-order valence-corrected chi connectivity index (χ2v) is 6.49. The summed E-state index contributed by atoms with van der Waals surface area (Å²) in [5, 5.41) is 19.0. The fourth-order valence-corrected chi connectivity index (χ4v) is 2.87. The van der Waals surface area contributed by atoms with E-state index in [0.717, 1.165) is 0 Å². The Kier molecular flexibility index (Phi) is 4.40. The maximum Gasteiger partial charge on any atom is 0.294 e. The third kappa shape index (κ3) is 3.12. The second-order valence-electron chi connectivity index (χ2n) is 5.07. The average molecular weight is 376 g/mol. The molecule has 0 unspecified atom stereocenters. The second kappa shape index (κ2) is 6.54. The number of benzene rings is 2. The molecule has 3 aromatic rings. The molecule has 1 N–H and O–H groups in total. The van der Waals surface area contributed by atoms with Crippen molar-refractivity contribution in [3.63, 3.8) is 0 Å². The van der Waals surface area contributed by atoms with Crippen LogP contribution in [0, 0.1) is 0 Å². The highest BCUT2D eigenvalue weighted by atomic mass is 32.2. The number of carboxylic acid groups (broad SMARTS) is 1. The topological polar surface area (TPSA) is 138 Å². The van der Waals surface area contributed by atoms with Crippen molar-refractivity contribution in [1.29, 1.82) is 0 Å².